The molecule has 0 radical (unpaired) electrons. The number of hydrogen-bond acceptors (Lipinski definition) is 2. The van der Waals surface area contributed by atoms with Gasteiger partial charge in [-0.3, -0.25) is 0 Å². The average molecular weight is 284 g/mol. The van der Waals surface area contributed by atoms with E-state index >= 15 is 0 Å². The van der Waals surface area contributed by atoms with E-state index in [2.05, 4.69) is 4.98 Å². The summed E-state index contributed by atoms with van der Waals surface area (Å²) in [6.45, 7) is 1.81. The molecule has 0 spiro atoms. The van der Waals surface area contributed by atoms with Gasteiger partial charge >= 0.3 is 0 Å². The van der Waals surface area contributed by atoms with Crippen LogP contribution in [0.1, 0.15) is 23.1 Å². The molecule has 21 heavy (non-hydrogen) atoms. The zero-order valence-corrected chi connectivity index (χ0v) is 12.0. The Morgan fingerprint density at radius 2 is 2.00 bits per heavy atom. The first-order chi connectivity index (χ1) is 10.0. The molecule has 3 rings (SSSR count). The number of aliphatic hydroxyl groups is 1. The van der Waals surface area contributed by atoms with Gasteiger partial charge in [0.05, 0.1) is 17.1 Å². The number of aryl methyl sites for hydroxylation is 2. The number of aliphatic hydroxyl groups excluding tert-OH is 1. The molecule has 4 heteroatoms. The van der Waals surface area contributed by atoms with Gasteiger partial charge in [0, 0.05) is 13.5 Å². The Balaban J connectivity index is 1.92. The average Bonchev–Trinajstić information content (AvgIpc) is 2.75. The fourth-order valence-electron chi connectivity index (χ4n) is 2.63. The number of para-hydroxylation sites is 2. The van der Waals surface area contributed by atoms with Crippen LogP contribution in [0.25, 0.3) is 11.0 Å². The molecule has 108 valence electrons. The minimum atomic E-state index is -0.769. The zero-order chi connectivity index (χ0) is 15.0. The molecular formula is C17H17FN2O. The number of rotatable bonds is 3. The SMILES string of the molecule is Cc1cc(F)cc(C(O)Cc2nc3ccccc3n2C)c1. The van der Waals surface area contributed by atoms with Crippen LogP contribution in [-0.4, -0.2) is 14.7 Å². The van der Waals surface area contributed by atoms with Crippen molar-refractivity contribution in [1.29, 1.82) is 0 Å². The van der Waals surface area contributed by atoms with E-state index in [1.54, 1.807) is 6.07 Å². The smallest absolute Gasteiger partial charge is 0.123 e. The van der Waals surface area contributed by atoms with E-state index < -0.39 is 6.10 Å². The fraction of sp³-hybridized carbons (Fsp3) is 0.235. The Morgan fingerprint density at radius 3 is 2.71 bits per heavy atom. The molecule has 1 aromatic heterocycles. The largest absolute Gasteiger partial charge is 0.388 e. The summed E-state index contributed by atoms with van der Waals surface area (Å²) >= 11 is 0. The van der Waals surface area contributed by atoms with Gasteiger partial charge in [-0.25, -0.2) is 9.37 Å². The van der Waals surface area contributed by atoms with Crippen LogP contribution in [-0.2, 0) is 13.5 Å². The second-order valence-corrected chi connectivity index (χ2v) is 5.36. The molecule has 0 aliphatic heterocycles. The van der Waals surface area contributed by atoms with Crippen LogP contribution in [0.5, 0.6) is 0 Å². The van der Waals surface area contributed by atoms with Crippen LogP contribution in [0, 0.1) is 12.7 Å². The van der Waals surface area contributed by atoms with Crippen molar-refractivity contribution < 1.29 is 9.50 Å². The summed E-state index contributed by atoms with van der Waals surface area (Å²) < 4.78 is 15.4. The zero-order valence-electron chi connectivity index (χ0n) is 12.0. The van der Waals surface area contributed by atoms with Crippen molar-refractivity contribution in [2.45, 2.75) is 19.4 Å². The third-order valence-electron chi connectivity index (χ3n) is 3.70. The van der Waals surface area contributed by atoms with Crippen molar-refractivity contribution in [3.63, 3.8) is 0 Å². The molecule has 0 aliphatic rings. The monoisotopic (exact) mass is 284 g/mol. The first-order valence-corrected chi connectivity index (χ1v) is 6.90. The van der Waals surface area contributed by atoms with Gasteiger partial charge in [0.2, 0.25) is 0 Å². The van der Waals surface area contributed by atoms with E-state index in [0.717, 1.165) is 22.4 Å². The standard InChI is InChI=1S/C17H17FN2O/c1-11-7-12(9-13(18)8-11)16(21)10-17-19-14-5-3-4-6-15(14)20(17)2/h3-9,16,21H,10H2,1-2H3. The highest BCUT2D eigenvalue weighted by Gasteiger charge is 2.15. The highest BCUT2D eigenvalue weighted by atomic mass is 19.1. The van der Waals surface area contributed by atoms with Gasteiger partial charge in [0.15, 0.2) is 0 Å². The third kappa shape index (κ3) is 2.67. The Hall–Kier alpha value is -2.20. The molecule has 0 fully saturated rings. The summed E-state index contributed by atoms with van der Waals surface area (Å²) in [4.78, 5) is 4.53. The van der Waals surface area contributed by atoms with E-state index in [1.165, 1.54) is 12.1 Å². The molecule has 3 aromatic rings. The second kappa shape index (κ2) is 5.30. The number of benzene rings is 2. The lowest BCUT2D eigenvalue weighted by atomic mass is 10.0. The quantitative estimate of drug-likeness (QED) is 0.801. The number of aromatic nitrogens is 2. The molecule has 1 atom stereocenters. The van der Waals surface area contributed by atoms with Gasteiger partial charge in [0.25, 0.3) is 0 Å². The van der Waals surface area contributed by atoms with Crippen molar-refractivity contribution in [3.05, 3.63) is 65.2 Å². The van der Waals surface area contributed by atoms with Crippen molar-refractivity contribution in [1.82, 2.24) is 9.55 Å². The minimum Gasteiger partial charge on any atom is -0.388 e. The molecule has 1 N–H and O–H groups in total. The maximum Gasteiger partial charge on any atom is 0.123 e. The van der Waals surface area contributed by atoms with Crippen molar-refractivity contribution in [2.75, 3.05) is 0 Å². The summed E-state index contributed by atoms with van der Waals surface area (Å²) in [5.74, 6) is 0.458. The van der Waals surface area contributed by atoms with Gasteiger partial charge in [-0.05, 0) is 42.3 Å². The van der Waals surface area contributed by atoms with Gasteiger partial charge in [0.1, 0.15) is 11.6 Å². The number of halogens is 1. The number of fused-ring (bicyclic) bond motifs is 1. The van der Waals surface area contributed by atoms with E-state index in [9.17, 15) is 9.50 Å². The Kier molecular flexibility index (Phi) is 3.47. The first-order valence-electron chi connectivity index (χ1n) is 6.90. The molecule has 1 unspecified atom stereocenters. The van der Waals surface area contributed by atoms with Crippen LogP contribution in [0.15, 0.2) is 42.5 Å². The summed E-state index contributed by atoms with van der Waals surface area (Å²) in [6, 6.07) is 12.5. The molecule has 3 nitrogen and oxygen atoms in total. The number of nitrogens with zero attached hydrogens (tertiary/aromatic N) is 2. The normalized spacial score (nSPS) is 12.8. The molecule has 0 aliphatic carbocycles. The van der Waals surface area contributed by atoms with Crippen LogP contribution in [0.4, 0.5) is 4.39 Å². The van der Waals surface area contributed by atoms with Crippen molar-refractivity contribution in [2.24, 2.45) is 7.05 Å². The predicted octanol–water partition coefficient (Wildman–Crippen LogP) is 3.30. The summed E-state index contributed by atoms with van der Waals surface area (Å²) in [6.07, 6.45) is -0.413. The van der Waals surface area contributed by atoms with Gasteiger partial charge in [-0.2, -0.15) is 0 Å². The highest BCUT2D eigenvalue weighted by Crippen LogP contribution is 2.22. The van der Waals surface area contributed by atoms with Gasteiger partial charge in [-0.1, -0.05) is 18.2 Å². The van der Waals surface area contributed by atoms with Crippen LogP contribution >= 0.6 is 0 Å². The molecule has 0 saturated heterocycles. The van der Waals surface area contributed by atoms with Crippen molar-refractivity contribution in [3.8, 4) is 0 Å². The summed E-state index contributed by atoms with van der Waals surface area (Å²) in [5, 5.41) is 10.4. The second-order valence-electron chi connectivity index (χ2n) is 5.36. The third-order valence-corrected chi connectivity index (χ3v) is 3.70. The molecule has 0 bridgehead atoms. The molecule has 0 saturated carbocycles. The van der Waals surface area contributed by atoms with Crippen LogP contribution in [0.2, 0.25) is 0 Å². The molecule has 1 heterocycles. The lowest BCUT2D eigenvalue weighted by Gasteiger charge is -2.12. The Morgan fingerprint density at radius 1 is 1.24 bits per heavy atom. The topological polar surface area (TPSA) is 38.1 Å². The summed E-state index contributed by atoms with van der Waals surface area (Å²) in [7, 11) is 1.92. The first kappa shape index (κ1) is 13.8. The summed E-state index contributed by atoms with van der Waals surface area (Å²) in [5.41, 5.74) is 3.31. The van der Waals surface area contributed by atoms with E-state index in [1.807, 2.05) is 42.8 Å². The van der Waals surface area contributed by atoms with E-state index in [4.69, 9.17) is 0 Å². The van der Waals surface area contributed by atoms with Crippen molar-refractivity contribution >= 4 is 11.0 Å². The number of hydrogen-bond donors (Lipinski definition) is 1. The minimum absolute atomic E-state index is 0.325. The van der Waals surface area contributed by atoms with Gasteiger partial charge in [-0.15, -0.1) is 0 Å². The molecule has 2 aromatic carbocycles. The maximum absolute atomic E-state index is 13.4. The highest BCUT2D eigenvalue weighted by molar-refractivity contribution is 5.75. The number of imidazole rings is 1. The van der Waals surface area contributed by atoms with Crippen LogP contribution < -0.4 is 0 Å². The maximum atomic E-state index is 13.4. The predicted molar refractivity (Wildman–Crippen MR) is 80.5 cm³/mol. The van der Waals surface area contributed by atoms with Crippen LogP contribution in [0.3, 0.4) is 0 Å². The fourth-order valence-corrected chi connectivity index (χ4v) is 2.63. The lowest BCUT2D eigenvalue weighted by molar-refractivity contribution is 0.174. The Bertz CT molecular complexity index is 774. The van der Waals surface area contributed by atoms with E-state index in [-0.39, 0.29) is 5.82 Å². The van der Waals surface area contributed by atoms with E-state index in [0.29, 0.717) is 12.0 Å². The lowest BCUT2D eigenvalue weighted by Crippen LogP contribution is -2.07. The molecular weight excluding hydrogens is 267 g/mol. The molecule has 0 amide bonds. The van der Waals surface area contributed by atoms with Gasteiger partial charge < -0.3 is 9.67 Å². The Labute approximate surface area is 122 Å².